The van der Waals surface area contributed by atoms with E-state index in [4.69, 9.17) is 28.4 Å². The van der Waals surface area contributed by atoms with E-state index < -0.39 is 124 Å². The van der Waals surface area contributed by atoms with Crippen LogP contribution in [0, 0.1) is 0 Å². The third-order valence-corrected chi connectivity index (χ3v) is 18.9. The lowest BCUT2D eigenvalue weighted by Crippen LogP contribution is -2.66. The first kappa shape index (κ1) is 93.1. The predicted octanol–water partition coefficient (Wildman–Crippen LogP) is 13.3. The predicted molar refractivity (Wildman–Crippen MR) is 410 cm³/mol. The van der Waals surface area contributed by atoms with Crippen LogP contribution in [0.3, 0.4) is 0 Å². The number of aliphatic hydroxyl groups excluding tert-OH is 11. The number of carbonyl (C=O) groups is 1. The fourth-order valence-electron chi connectivity index (χ4n) is 12.6. The standard InChI is InChI=1S/C84H141NO18/c1-3-5-7-9-11-13-15-17-19-21-23-25-27-29-30-31-32-33-34-35-36-38-40-42-44-46-48-50-52-54-56-58-60-62-72(90)85-67(68(89)61-59-57-55-53-51-49-47-45-43-41-39-37-28-26-24-22-20-18-16-14-12-10-8-6-4-2)66-98-82-78(96)75(93)80(70(64-87)100-82)103-84-79(97)76(94)81(71(65-88)101-84)102-83-77(95)74(92)73(91)69(63-86)99-83/h5,7,11,13,17,19,23,25,29-30,32-33,35-36,40,42,46,48,51,53,59,61,67-71,73-84,86-89,91-97H,3-4,6,8-10,12,14-16,18,20-22,24,26-28,31,34,37-39,41,43-45,47,49-50,52,54-58,60,62-66H2,1-2H3,(H,85,90)/b7-5-,13-11-,19-17-,25-23-,30-29-,33-32-,36-35-,42-40-,48-46-,53-51+,61-59+. The smallest absolute Gasteiger partial charge is 0.220 e. The summed E-state index contributed by atoms with van der Waals surface area (Å²) in [6.07, 6.45) is 62.8. The molecule has 17 unspecified atom stereocenters. The Kier molecular flexibility index (Phi) is 56.9. The number of unbranched alkanes of at least 4 members (excludes halogenated alkanes) is 25. The summed E-state index contributed by atoms with van der Waals surface area (Å²) in [4.78, 5) is 13.5. The van der Waals surface area contributed by atoms with Gasteiger partial charge in [0.15, 0.2) is 18.9 Å². The highest BCUT2D eigenvalue weighted by Gasteiger charge is 2.53. The summed E-state index contributed by atoms with van der Waals surface area (Å²) in [5, 5.41) is 121. The lowest BCUT2D eigenvalue weighted by atomic mass is 9.96. The van der Waals surface area contributed by atoms with Crippen LogP contribution in [0.4, 0.5) is 0 Å². The summed E-state index contributed by atoms with van der Waals surface area (Å²) >= 11 is 0. The minimum atomic E-state index is -1.99. The third-order valence-electron chi connectivity index (χ3n) is 18.9. The van der Waals surface area contributed by atoms with Gasteiger partial charge in [0.25, 0.3) is 0 Å². The summed E-state index contributed by atoms with van der Waals surface area (Å²) in [5.74, 6) is -0.308. The van der Waals surface area contributed by atoms with Gasteiger partial charge >= 0.3 is 0 Å². The van der Waals surface area contributed by atoms with E-state index in [0.29, 0.717) is 12.8 Å². The molecule has 0 aromatic carbocycles. The molecule has 3 rings (SSSR count). The summed E-state index contributed by atoms with van der Waals surface area (Å²) in [6.45, 7) is 1.59. The topological polar surface area (TPSA) is 307 Å². The number of ether oxygens (including phenoxy) is 6. The van der Waals surface area contributed by atoms with Gasteiger partial charge in [0, 0.05) is 6.42 Å². The fourth-order valence-corrected chi connectivity index (χ4v) is 12.6. The van der Waals surface area contributed by atoms with Gasteiger partial charge in [-0.3, -0.25) is 4.79 Å². The number of hydrogen-bond donors (Lipinski definition) is 12. The Morgan fingerprint density at radius 2 is 0.680 bits per heavy atom. The highest BCUT2D eigenvalue weighted by molar-refractivity contribution is 5.76. The molecule has 3 aliphatic rings. The summed E-state index contributed by atoms with van der Waals surface area (Å²) < 4.78 is 34.4. The second-order valence-corrected chi connectivity index (χ2v) is 27.8. The molecule has 19 nitrogen and oxygen atoms in total. The van der Waals surface area contributed by atoms with Crippen molar-refractivity contribution in [3.8, 4) is 0 Å². The normalized spacial score (nSPS) is 26.8. The first-order chi connectivity index (χ1) is 50.3. The van der Waals surface area contributed by atoms with Crippen molar-refractivity contribution in [3.05, 3.63) is 134 Å². The second kappa shape index (κ2) is 62.9. The van der Waals surface area contributed by atoms with Crippen LogP contribution >= 0.6 is 0 Å². The number of nitrogens with one attached hydrogen (secondary N) is 1. The molecule has 3 aliphatic heterocycles. The molecule has 0 spiro atoms. The number of carbonyl (C=O) groups excluding carboxylic acids is 1. The molecule has 19 heteroatoms. The molecule has 590 valence electrons. The number of aliphatic hydroxyl groups is 11. The zero-order valence-corrected chi connectivity index (χ0v) is 63.0. The zero-order chi connectivity index (χ0) is 74.6. The van der Waals surface area contributed by atoms with E-state index in [9.17, 15) is 61.0 Å². The molecule has 0 aromatic rings. The molecular weight excluding hydrogens is 1310 g/mol. The lowest BCUT2D eigenvalue weighted by molar-refractivity contribution is -0.379. The van der Waals surface area contributed by atoms with Gasteiger partial charge < -0.3 is 89.9 Å². The van der Waals surface area contributed by atoms with Crippen molar-refractivity contribution >= 4 is 5.91 Å². The molecule has 0 bridgehead atoms. The van der Waals surface area contributed by atoms with E-state index in [1.165, 1.54) is 116 Å². The molecule has 1 amide bonds. The van der Waals surface area contributed by atoms with E-state index in [2.05, 4.69) is 141 Å². The van der Waals surface area contributed by atoms with Crippen LogP contribution < -0.4 is 5.32 Å². The van der Waals surface area contributed by atoms with Crippen LogP contribution in [0.1, 0.15) is 258 Å². The average Bonchev–Trinajstić information content (AvgIpc) is 0.781. The van der Waals surface area contributed by atoms with E-state index >= 15 is 0 Å². The van der Waals surface area contributed by atoms with Gasteiger partial charge in [0.05, 0.1) is 38.6 Å². The highest BCUT2D eigenvalue weighted by atomic mass is 16.8. The van der Waals surface area contributed by atoms with Crippen LogP contribution in [0.15, 0.2) is 134 Å². The van der Waals surface area contributed by atoms with Crippen LogP contribution in [-0.2, 0) is 33.2 Å². The fraction of sp³-hybridized carbons (Fsp3) is 0.726. The Hall–Kier alpha value is -4.07. The van der Waals surface area contributed by atoms with Gasteiger partial charge in [-0.15, -0.1) is 0 Å². The van der Waals surface area contributed by atoms with Gasteiger partial charge in [0.1, 0.15) is 73.2 Å². The average molecular weight is 1450 g/mol. The molecule has 3 heterocycles. The Morgan fingerprint density at radius 1 is 0.359 bits per heavy atom. The molecular formula is C84H141NO18. The van der Waals surface area contributed by atoms with Crippen LogP contribution in [0.2, 0.25) is 0 Å². The molecule has 103 heavy (non-hydrogen) atoms. The van der Waals surface area contributed by atoms with Crippen molar-refractivity contribution in [1.29, 1.82) is 0 Å². The van der Waals surface area contributed by atoms with Gasteiger partial charge in [-0.2, -0.15) is 0 Å². The van der Waals surface area contributed by atoms with E-state index in [0.717, 1.165) is 109 Å². The quantitative estimate of drug-likeness (QED) is 0.0199. The third kappa shape index (κ3) is 42.9. The Labute approximate surface area is 620 Å². The van der Waals surface area contributed by atoms with E-state index in [-0.39, 0.29) is 18.9 Å². The van der Waals surface area contributed by atoms with Crippen molar-refractivity contribution in [1.82, 2.24) is 5.32 Å². The summed E-state index contributed by atoms with van der Waals surface area (Å²) in [6, 6.07) is -1.01. The number of rotatable bonds is 61. The van der Waals surface area contributed by atoms with Gasteiger partial charge in [-0.25, -0.2) is 0 Å². The number of amides is 1. The maximum atomic E-state index is 13.5. The SMILES string of the molecule is CC/C=C\C/C=C\C/C=C\C/C=C\C/C=C\C/C=C\C/C=C\C/C=C\C/C=C\CCCCCCCC(=O)NC(COC1OC(CO)C(OC2OC(CO)C(OC3OC(CO)C(O)C(O)C3O)C(O)C2O)C(O)C1O)C(O)/C=C/CC/C=C/CCCCCCCCCCCCCCCCCCCCC. The van der Waals surface area contributed by atoms with Crippen LogP contribution in [0.25, 0.3) is 0 Å². The van der Waals surface area contributed by atoms with Crippen LogP contribution in [-0.4, -0.2) is 193 Å². The van der Waals surface area contributed by atoms with Crippen molar-refractivity contribution in [3.63, 3.8) is 0 Å². The lowest BCUT2D eigenvalue weighted by Gasteiger charge is -2.48. The minimum Gasteiger partial charge on any atom is -0.394 e. The largest absolute Gasteiger partial charge is 0.394 e. The molecule has 0 aromatic heterocycles. The number of allylic oxidation sites excluding steroid dienone is 21. The van der Waals surface area contributed by atoms with E-state index in [1.807, 2.05) is 6.08 Å². The van der Waals surface area contributed by atoms with Crippen molar-refractivity contribution in [2.24, 2.45) is 0 Å². The Balaban J connectivity index is 1.41. The molecule has 3 saturated heterocycles. The summed E-state index contributed by atoms with van der Waals surface area (Å²) in [7, 11) is 0. The molecule has 3 fully saturated rings. The Morgan fingerprint density at radius 3 is 1.09 bits per heavy atom. The molecule has 12 N–H and O–H groups in total. The van der Waals surface area contributed by atoms with E-state index in [1.54, 1.807) is 6.08 Å². The molecule has 17 atom stereocenters. The zero-order valence-electron chi connectivity index (χ0n) is 63.0. The first-order valence-electron chi connectivity index (χ1n) is 39.9. The monoisotopic (exact) mass is 1450 g/mol. The second-order valence-electron chi connectivity index (χ2n) is 27.8. The maximum absolute atomic E-state index is 13.5. The molecule has 0 radical (unpaired) electrons. The molecule has 0 aliphatic carbocycles. The summed E-state index contributed by atoms with van der Waals surface area (Å²) in [5.41, 5.74) is 0. The van der Waals surface area contributed by atoms with Crippen molar-refractivity contribution in [2.45, 2.75) is 362 Å². The van der Waals surface area contributed by atoms with Crippen molar-refractivity contribution < 1.29 is 89.4 Å². The molecule has 0 saturated carbocycles. The Bertz CT molecular complexity index is 2380. The van der Waals surface area contributed by atoms with Gasteiger partial charge in [0.2, 0.25) is 5.91 Å². The first-order valence-corrected chi connectivity index (χ1v) is 39.9. The highest BCUT2D eigenvalue weighted by Crippen LogP contribution is 2.33. The maximum Gasteiger partial charge on any atom is 0.220 e. The van der Waals surface area contributed by atoms with Crippen molar-refractivity contribution in [2.75, 3.05) is 26.4 Å². The minimum absolute atomic E-state index is 0.204. The number of hydrogen-bond acceptors (Lipinski definition) is 18. The van der Waals surface area contributed by atoms with Gasteiger partial charge in [-0.1, -0.05) is 282 Å². The van der Waals surface area contributed by atoms with Gasteiger partial charge in [-0.05, 0) is 103 Å². The van der Waals surface area contributed by atoms with Crippen LogP contribution in [0.5, 0.6) is 0 Å².